The third-order valence-corrected chi connectivity index (χ3v) is 3.20. The highest BCUT2D eigenvalue weighted by atomic mass is 16.5. The van der Waals surface area contributed by atoms with E-state index in [1.165, 1.54) is 7.11 Å². The molecule has 2 aromatic rings. The van der Waals surface area contributed by atoms with Crippen LogP contribution < -0.4 is 19.6 Å². The number of hydrazone groups is 1. The summed E-state index contributed by atoms with van der Waals surface area (Å²) >= 11 is 0. The molecule has 0 aliphatic carbocycles. The summed E-state index contributed by atoms with van der Waals surface area (Å²) in [4.78, 5) is 12.1. The van der Waals surface area contributed by atoms with Crippen molar-refractivity contribution in [3.8, 4) is 17.2 Å². The maximum Gasteiger partial charge on any atom is 0.271 e. The summed E-state index contributed by atoms with van der Waals surface area (Å²) < 4.78 is 15.8. The number of nitrogens with zero attached hydrogens (tertiary/aromatic N) is 1. The van der Waals surface area contributed by atoms with Crippen LogP contribution in [0.4, 0.5) is 0 Å². The minimum Gasteiger partial charge on any atom is -0.497 e. The van der Waals surface area contributed by atoms with Gasteiger partial charge in [0.25, 0.3) is 5.91 Å². The first-order chi connectivity index (χ1) is 11.7. The number of carbonyl (C=O) groups excluding carboxylic acids is 1. The van der Waals surface area contributed by atoms with E-state index < -0.39 is 0 Å². The van der Waals surface area contributed by atoms with Gasteiger partial charge in [-0.2, -0.15) is 5.10 Å². The summed E-state index contributed by atoms with van der Waals surface area (Å²) in [6.45, 7) is 2.40. The van der Waals surface area contributed by atoms with Crippen molar-refractivity contribution in [2.45, 2.75) is 6.92 Å². The fourth-order valence-electron chi connectivity index (χ4n) is 2.04. The average Bonchev–Trinajstić information content (AvgIpc) is 2.62. The molecule has 0 heterocycles. The zero-order valence-corrected chi connectivity index (χ0v) is 13.9. The van der Waals surface area contributed by atoms with E-state index in [0.717, 1.165) is 11.3 Å². The van der Waals surface area contributed by atoms with Crippen LogP contribution >= 0.6 is 0 Å². The molecule has 6 nitrogen and oxygen atoms in total. The number of methoxy groups -OCH3 is 2. The van der Waals surface area contributed by atoms with Gasteiger partial charge < -0.3 is 14.2 Å². The number of carbonyl (C=O) groups is 1. The first kappa shape index (κ1) is 17.3. The Kier molecular flexibility index (Phi) is 6.19. The van der Waals surface area contributed by atoms with Crippen molar-refractivity contribution in [1.29, 1.82) is 0 Å². The maximum atomic E-state index is 12.1. The van der Waals surface area contributed by atoms with Gasteiger partial charge >= 0.3 is 0 Å². The van der Waals surface area contributed by atoms with Crippen molar-refractivity contribution < 1.29 is 19.0 Å². The molecule has 0 aromatic heterocycles. The Morgan fingerprint density at radius 3 is 2.67 bits per heavy atom. The van der Waals surface area contributed by atoms with E-state index in [1.807, 2.05) is 31.2 Å². The van der Waals surface area contributed by atoms with Crippen molar-refractivity contribution in [2.75, 3.05) is 20.8 Å². The normalized spacial score (nSPS) is 10.5. The Hall–Kier alpha value is -3.02. The van der Waals surface area contributed by atoms with Gasteiger partial charge in [0.1, 0.15) is 5.75 Å². The van der Waals surface area contributed by atoms with Crippen LogP contribution in [0.1, 0.15) is 22.8 Å². The Bertz CT molecular complexity index is 729. The summed E-state index contributed by atoms with van der Waals surface area (Å²) in [5.41, 5.74) is 3.73. The molecule has 0 bridgehead atoms. The molecule has 0 fully saturated rings. The highest BCUT2D eigenvalue weighted by Gasteiger charge is 2.10. The number of ether oxygens (including phenoxy) is 3. The number of hydrogen-bond donors (Lipinski definition) is 1. The van der Waals surface area contributed by atoms with E-state index in [9.17, 15) is 4.79 Å². The number of rotatable bonds is 7. The lowest BCUT2D eigenvalue weighted by molar-refractivity contribution is 0.0954. The van der Waals surface area contributed by atoms with E-state index in [1.54, 1.807) is 31.5 Å². The van der Waals surface area contributed by atoms with Crippen molar-refractivity contribution in [3.05, 3.63) is 53.6 Å². The van der Waals surface area contributed by atoms with Crippen molar-refractivity contribution in [2.24, 2.45) is 5.10 Å². The van der Waals surface area contributed by atoms with Gasteiger partial charge in [0.15, 0.2) is 11.5 Å². The Morgan fingerprint density at radius 2 is 1.96 bits per heavy atom. The van der Waals surface area contributed by atoms with Gasteiger partial charge in [0, 0.05) is 5.56 Å². The quantitative estimate of drug-likeness (QED) is 0.627. The van der Waals surface area contributed by atoms with Crippen LogP contribution in [-0.2, 0) is 0 Å². The van der Waals surface area contributed by atoms with Gasteiger partial charge in [-0.25, -0.2) is 5.43 Å². The Balaban J connectivity index is 2.05. The lowest BCUT2D eigenvalue weighted by Gasteiger charge is -2.10. The van der Waals surface area contributed by atoms with Crippen molar-refractivity contribution in [1.82, 2.24) is 5.43 Å². The molecule has 24 heavy (non-hydrogen) atoms. The lowest BCUT2D eigenvalue weighted by atomic mass is 10.2. The van der Waals surface area contributed by atoms with Crippen molar-refractivity contribution >= 4 is 12.1 Å². The Labute approximate surface area is 141 Å². The smallest absolute Gasteiger partial charge is 0.271 e. The van der Waals surface area contributed by atoms with Gasteiger partial charge in [0.2, 0.25) is 0 Å². The highest BCUT2D eigenvalue weighted by molar-refractivity contribution is 5.95. The predicted octanol–water partition coefficient (Wildman–Crippen LogP) is 2.87. The fraction of sp³-hybridized carbons (Fsp3) is 0.222. The van der Waals surface area contributed by atoms with Crippen LogP contribution in [0.25, 0.3) is 0 Å². The summed E-state index contributed by atoms with van der Waals surface area (Å²) in [6, 6.07) is 12.3. The number of hydrogen-bond acceptors (Lipinski definition) is 5. The van der Waals surface area contributed by atoms with E-state index >= 15 is 0 Å². The first-order valence-electron chi connectivity index (χ1n) is 7.46. The predicted molar refractivity (Wildman–Crippen MR) is 92.2 cm³/mol. The third-order valence-electron chi connectivity index (χ3n) is 3.20. The number of nitrogens with one attached hydrogen (secondary N) is 1. The molecule has 126 valence electrons. The number of benzene rings is 2. The van der Waals surface area contributed by atoms with E-state index in [4.69, 9.17) is 14.2 Å². The third kappa shape index (κ3) is 4.49. The monoisotopic (exact) mass is 328 g/mol. The largest absolute Gasteiger partial charge is 0.497 e. The second-order valence-electron chi connectivity index (χ2n) is 4.77. The standard InChI is InChI=1S/C18H20N2O4/c1-4-24-16-9-8-14(11-17(16)23-3)18(21)20-19-12-13-6-5-7-15(10-13)22-2/h5-12H,4H2,1-3H3,(H,20,21). The van der Waals surface area contributed by atoms with Crippen LogP contribution in [0.2, 0.25) is 0 Å². The molecule has 0 spiro atoms. The average molecular weight is 328 g/mol. The van der Waals surface area contributed by atoms with Gasteiger partial charge in [-0.3, -0.25) is 4.79 Å². The highest BCUT2D eigenvalue weighted by Crippen LogP contribution is 2.27. The SMILES string of the molecule is CCOc1ccc(C(=O)NN=Cc2cccc(OC)c2)cc1OC. The molecule has 0 unspecified atom stereocenters. The summed E-state index contributed by atoms with van der Waals surface area (Å²) in [6.07, 6.45) is 1.55. The molecule has 1 amide bonds. The molecular formula is C18H20N2O4. The second-order valence-corrected chi connectivity index (χ2v) is 4.77. The zero-order valence-electron chi connectivity index (χ0n) is 13.9. The van der Waals surface area contributed by atoms with Crippen LogP contribution in [0, 0.1) is 0 Å². The molecule has 2 rings (SSSR count). The van der Waals surface area contributed by atoms with Crippen molar-refractivity contribution in [3.63, 3.8) is 0 Å². The van der Waals surface area contributed by atoms with Gasteiger partial charge in [-0.05, 0) is 42.8 Å². The molecule has 0 saturated carbocycles. The van der Waals surface area contributed by atoms with E-state index in [-0.39, 0.29) is 5.91 Å². The zero-order chi connectivity index (χ0) is 17.4. The summed E-state index contributed by atoms with van der Waals surface area (Å²) in [5.74, 6) is 1.48. The van der Waals surface area contributed by atoms with Crippen LogP contribution in [0.5, 0.6) is 17.2 Å². The Morgan fingerprint density at radius 1 is 1.12 bits per heavy atom. The van der Waals surface area contributed by atoms with Crippen LogP contribution in [-0.4, -0.2) is 32.9 Å². The molecule has 1 N–H and O–H groups in total. The van der Waals surface area contributed by atoms with E-state index in [0.29, 0.717) is 23.7 Å². The number of amides is 1. The molecular weight excluding hydrogens is 308 g/mol. The minimum absolute atomic E-state index is 0.338. The molecule has 0 atom stereocenters. The van der Waals surface area contributed by atoms with Gasteiger partial charge in [0.05, 0.1) is 27.0 Å². The lowest BCUT2D eigenvalue weighted by Crippen LogP contribution is -2.17. The molecule has 0 radical (unpaired) electrons. The first-order valence-corrected chi connectivity index (χ1v) is 7.46. The maximum absolute atomic E-state index is 12.1. The summed E-state index contributed by atoms with van der Waals surface area (Å²) in [7, 11) is 3.12. The minimum atomic E-state index is -0.338. The van der Waals surface area contributed by atoms with Crippen LogP contribution in [0.15, 0.2) is 47.6 Å². The molecule has 6 heteroatoms. The fourth-order valence-corrected chi connectivity index (χ4v) is 2.04. The topological polar surface area (TPSA) is 69.2 Å². The van der Waals surface area contributed by atoms with Crippen LogP contribution in [0.3, 0.4) is 0 Å². The van der Waals surface area contributed by atoms with E-state index in [2.05, 4.69) is 10.5 Å². The molecule has 0 aliphatic rings. The molecule has 0 saturated heterocycles. The molecule has 2 aromatic carbocycles. The van der Waals surface area contributed by atoms with Gasteiger partial charge in [-0.1, -0.05) is 12.1 Å². The van der Waals surface area contributed by atoms with Gasteiger partial charge in [-0.15, -0.1) is 0 Å². The summed E-state index contributed by atoms with van der Waals surface area (Å²) in [5, 5.41) is 3.96. The second kappa shape index (κ2) is 8.57. The molecule has 0 aliphatic heterocycles.